The minimum absolute atomic E-state index is 0.0219. The number of piperazine rings is 1. The maximum Gasteiger partial charge on any atom is 0.228 e. The number of rotatable bonds is 5. The molecule has 2 aromatic rings. The number of sulfone groups is 1. The quantitative estimate of drug-likeness (QED) is 0.595. The topological polar surface area (TPSA) is 105 Å². The van der Waals surface area contributed by atoms with Crippen LogP contribution in [0.2, 0.25) is 0 Å². The second kappa shape index (κ2) is 9.42. The maximum absolute atomic E-state index is 13.3. The Kier molecular flexibility index (Phi) is 6.44. The zero-order valence-corrected chi connectivity index (χ0v) is 21.8. The summed E-state index contributed by atoms with van der Waals surface area (Å²) in [5.74, 6) is 0.649. The summed E-state index contributed by atoms with van der Waals surface area (Å²) in [5, 5.41) is 4.69. The van der Waals surface area contributed by atoms with E-state index in [0.29, 0.717) is 44.9 Å². The fourth-order valence-electron chi connectivity index (χ4n) is 5.75. The summed E-state index contributed by atoms with van der Waals surface area (Å²) in [6.45, 7) is 6.81. The molecule has 36 heavy (non-hydrogen) atoms. The smallest absolute Gasteiger partial charge is 0.228 e. The Hall–Kier alpha value is -3.08. The molecule has 0 bridgehead atoms. The van der Waals surface area contributed by atoms with Crippen molar-refractivity contribution in [1.29, 1.82) is 0 Å². The zero-order valence-electron chi connectivity index (χ0n) is 21.0. The van der Waals surface area contributed by atoms with Gasteiger partial charge >= 0.3 is 0 Å². The van der Waals surface area contributed by atoms with E-state index in [1.54, 1.807) is 12.0 Å². The number of hydrogen-bond acceptors (Lipinski definition) is 7. The molecule has 3 aliphatic heterocycles. The van der Waals surface area contributed by atoms with Gasteiger partial charge in [0.1, 0.15) is 5.75 Å². The fourth-order valence-corrected chi connectivity index (χ4v) is 7.44. The second-order valence-corrected chi connectivity index (χ2v) is 12.2. The standard InChI is InChI=1S/C25H33N5O5S/c1-17-24(18(2)30(26-17)21-7-12-36(33,34)16-21)27-8-10-28(11-9-27)25(32)19-13-23(31)29(15-19)20-5-4-6-22(14-20)35-3/h4-6,14,19,21H,7-13,15-16H2,1-3H3. The van der Waals surface area contributed by atoms with Crippen molar-refractivity contribution in [3.8, 4) is 5.75 Å². The Morgan fingerprint density at radius 1 is 1.14 bits per heavy atom. The first-order chi connectivity index (χ1) is 17.2. The normalized spacial score (nSPS) is 24.0. The molecule has 3 saturated heterocycles. The van der Waals surface area contributed by atoms with Gasteiger partial charge in [-0.05, 0) is 32.4 Å². The predicted octanol–water partition coefficient (Wildman–Crippen LogP) is 1.57. The lowest BCUT2D eigenvalue weighted by Gasteiger charge is -2.37. The number of benzene rings is 1. The number of aryl methyl sites for hydroxylation is 1. The first-order valence-electron chi connectivity index (χ1n) is 12.4. The molecule has 2 unspecified atom stereocenters. The van der Waals surface area contributed by atoms with E-state index in [2.05, 4.69) is 10.00 Å². The first kappa shape index (κ1) is 24.6. The van der Waals surface area contributed by atoms with Crippen LogP contribution in [0.15, 0.2) is 24.3 Å². The van der Waals surface area contributed by atoms with Crippen molar-refractivity contribution in [3.63, 3.8) is 0 Å². The highest BCUT2D eigenvalue weighted by atomic mass is 32.2. The van der Waals surface area contributed by atoms with Crippen LogP contribution < -0.4 is 14.5 Å². The van der Waals surface area contributed by atoms with Crippen LogP contribution in [-0.4, -0.2) is 86.3 Å². The Morgan fingerprint density at radius 2 is 1.89 bits per heavy atom. The summed E-state index contributed by atoms with van der Waals surface area (Å²) in [7, 11) is -1.41. The summed E-state index contributed by atoms with van der Waals surface area (Å²) in [6, 6.07) is 7.23. The van der Waals surface area contributed by atoms with Crippen molar-refractivity contribution in [2.75, 3.05) is 61.1 Å². The maximum atomic E-state index is 13.3. The van der Waals surface area contributed by atoms with Crippen LogP contribution in [0.4, 0.5) is 11.4 Å². The van der Waals surface area contributed by atoms with Gasteiger partial charge in [-0.15, -0.1) is 0 Å². The summed E-state index contributed by atoms with van der Waals surface area (Å²) in [6.07, 6.45) is 0.810. The van der Waals surface area contributed by atoms with Gasteiger partial charge in [0.15, 0.2) is 9.84 Å². The van der Waals surface area contributed by atoms with E-state index in [9.17, 15) is 18.0 Å². The lowest BCUT2D eigenvalue weighted by molar-refractivity contribution is -0.136. The number of aromatic nitrogens is 2. The van der Waals surface area contributed by atoms with E-state index < -0.39 is 9.84 Å². The van der Waals surface area contributed by atoms with Gasteiger partial charge in [-0.25, -0.2) is 8.42 Å². The molecule has 0 spiro atoms. The molecule has 0 saturated carbocycles. The molecule has 11 heteroatoms. The summed E-state index contributed by atoms with van der Waals surface area (Å²) in [4.78, 5) is 31.8. The van der Waals surface area contributed by atoms with Crippen LogP contribution in [0.1, 0.15) is 30.3 Å². The van der Waals surface area contributed by atoms with E-state index in [1.165, 1.54) is 0 Å². The third-order valence-electron chi connectivity index (χ3n) is 7.59. The highest BCUT2D eigenvalue weighted by Gasteiger charge is 2.39. The van der Waals surface area contributed by atoms with Crippen LogP contribution >= 0.6 is 0 Å². The lowest BCUT2D eigenvalue weighted by atomic mass is 10.1. The molecule has 3 fully saturated rings. The third-order valence-corrected chi connectivity index (χ3v) is 9.34. The predicted molar refractivity (Wildman–Crippen MR) is 136 cm³/mol. The van der Waals surface area contributed by atoms with Crippen molar-refractivity contribution < 1.29 is 22.7 Å². The number of carbonyl (C=O) groups excluding carboxylic acids is 2. The third kappa shape index (κ3) is 4.56. The molecule has 0 N–H and O–H groups in total. The molecule has 0 radical (unpaired) electrons. The van der Waals surface area contributed by atoms with Crippen molar-refractivity contribution in [1.82, 2.24) is 14.7 Å². The molecule has 2 atom stereocenters. The van der Waals surface area contributed by atoms with E-state index in [0.717, 1.165) is 22.8 Å². The number of hydrogen-bond donors (Lipinski definition) is 0. The van der Waals surface area contributed by atoms with Gasteiger partial charge < -0.3 is 19.4 Å². The first-order valence-corrected chi connectivity index (χ1v) is 14.2. The lowest BCUT2D eigenvalue weighted by Crippen LogP contribution is -2.51. The number of ether oxygens (including phenoxy) is 1. The molecule has 2 amide bonds. The van der Waals surface area contributed by atoms with Gasteiger partial charge in [-0.2, -0.15) is 5.10 Å². The SMILES string of the molecule is COc1cccc(N2CC(C(=O)N3CCN(c4c(C)nn(C5CCS(=O)(=O)C5)c4C)CC3)CC2=O)c1. The van der Waals surface area contributed by atoms with Crippen LogP contribution in [-0.2, 0) is 19.4 Å². The van der Waals surface area contributed by atoms with Gasteiger partial charge in [0.05, 0.1) is 47.7 Å². The Labute approximate surface area is 211 Å². The summed E-state index contributed by atoms with van der Waals surface area (Å²) < 4.78 is 31.1. The van der Waals surface area contributed by atoms with Gasteiger partial charge in [-0.3, -0.25) is 14.3 Å². The molecular weight excluding hydrogens is 482 g/mol. The number of nitrogens with zero attached hydrogens (tertiary/aromatic N) is 5. The van der Waals surface area contributed by atoms with Crippen molar-refractivity contribution >= 4 is 33.0 Å². The Morgan fingerprint density at radius 3 is 2.56 bits per heavy atom. The monoisotopic (exact) mass is 515 g/mol. The number of amides is 2. The Balaban J connectivity index is 1.22. The molecular formula is C25H33N5O5S. The number of anilines is 2. The van der Waals surface area contributed by atoms with Crippen LogP contribution in [0.25, 0.3) is 0 Å². The van der Waals surface area contributed by atoms with E-state index in [4.69, 9.17) is 4.74 Å². The van der Waals surface area contributed by atoms with Gasteiger partial charge in [0.2, 0.25) is 11.8 Å². The molecule has 1 aromatic heterocycles. The van der Waals surface area contributed by atoms with Crippen molar-refractivity contribution in [3.05, 3.63) is 35.7 Å². The van der Waals surface area contributed by atoms with E-state index in [-0.39, 0.29) is 41.7 Å². The average molecular weight is 516 g/mol. The molecule has 10 nitrogen and oxygen atoms in total. The zero-order chi connectivity index (χ0) is 25.6. The minimum Gasteiger partial charge on any atom is -0.497 e. The molecule has 4 heterocycles. The van der Waals surface area contributed by atoms with Crippen molar-refractivity contribution in [2.24, 2.45) is 5.92 Å². The summed E-state index contributed by atoms with van der Waals surface area (Å²) in [5.41, 5.74) is 3.64. The average Bonchev–Trinajstić information content (AvgIpc) is 3.52. The van der Waals surface area contributed by atoms with Crippen LogP contribution in [0.5, 0.6) is 5.75 Å². The van der Waals surface area contributed by atoms with Gasteiger partial charge in [0.25, 0.3) is 0 Å². The van der Waals surface area contributed by atoms with Crippen LogP contribution in [0, 0.1) is 19.8 Å². The molecule has 0 aliphatic carbocycles. The molecule has 5 rings (SSSR count). The molecule has 3 aliphatic rings. The van der Waals surface area contributed by atoms with E-state index in [1.807, 2.05) is 47.7 Å². The Bertz CT molecular complexity index is 1280. The fraction of sp³-hybridized carbons (Fsp3) is 0.560. The second-order valence-electron chi connectivity index (χ2n) is 9.94. The summed E-state index contributed by atoms with van der Waals surface area (Å²) >= 11 is 0. The highest BCUT2D eigenvalue weighted by molar-refractivity contribution is 7.91. The number of methoxy groups -OCH3 is 1. The largest absolute Gasteiger partial charge is 0.497 e. The van der Waals surface area contributed by atoms with Gasteiger partial charge in [-0.1, -0.05) is 6.07 Å². The van der Waals surface area contributed by atoms with Crippen molar-refractivity contribution in [2.45, 2.75) is 32.7 Å². The number of carbonyl (C=O) groups is 2. The highest BCUT2D eigenvalue weighted by Crippen LogP contribution is 2.33. The molecule has 1 aromatic carbocycles. The minimum atomic E-state index is -3.00. The van der Waals surface area contributed by atoms with Crippen LogP contribution in [0.3, 0.4) is 0 Å². The molecule has 194 valence electrons. The van der Waals surface area contributed by atoms with E-state index >= 15 is 0 Å². The van der Waals surface area contributed by atoms with Gasteiger partial charge in [0, 0.05) is 50.9 Å².